The molecular weight excluding hydrogens is 833 g/mol. The van der Waals surface area contributed by atoms with Crippen molar-refractivity contribution in [3.63, 3.8) is 0 Å². The Morgan fingerprint density at radius 2 is 0.529 bits per heavy atom. The Labute approximate surface area is 413 Å². The molecule has 68 heavy (non-hydrogen) atoms. The fourth-order valence-electron chi connectivity index (χ4n) is 9.81. The Kier molecular flexibility index (Phi) is 13.6. The predicted molar refractivity (Wildman–Crippen MR) is 291 cm³/mol. The van der Waals surface area contributed by atoms with Crippen LogP contribution in [-0.2, 0) is 48.7 Å². The molecule has 4 nitrogen and oxygen atoms in total. The molecule has 0 unspecified atom stereocenters. The summed E-state index contributed by atoms with van der Waals surface area (Å²) in [6.45, 7) is 54.1. The highest BCUT2D eigenvalue weighted by Crippen LogP contribution is 2.61. The van der Waals surface area contributed by atoms with E-state index in [1.54, 1.807) is 0 Å². The van der Waals surface area contributed by atoms with Crippen molar-refractivity contribution < 1.29 is 20.4 Å². The van der Waals surface area contributed by atoms with E-state index in [1.807, 2.05) is 0 Å². The molecule has 5 rings (SSSR count). The largest absolute Gasteiger partial charge is 0.507 e. The Bertz CT molecular complexity index is 2520. The molecule has 4 heteroatoms. The van der Waals surface area contributed by atoms with E-state index in [2.05, 4.69) is 240 Å². The lowest BCUT2D eigenvalue weighted by Gasteiger charge is -2.44. The molecule has 0 fully saturated rings. The summed E-state index contributed by atoms with van der Waals surface area (Å²) in [5.41, 5.74) is 6.80. The van der Waals surface area contributed by atoms with Gasteiger partial charge in [0.2, 0.25) is 0 Å². The van der Waals surface area contributed by atoms with Gasteiger partial charge in [-0.15, -0.1) is 0 Å². The highest BCUT2D eigenvalue weighted by Gasteiger charge is 2.50. The van der Waals surface area contributed by atoms with Gasteiger partial charge in [0.25, 0.3) is 0 Å². The van der Waals surface area contributed by atoms with Crippen molar-refractivity contribution >= 4 is 0 Å². The average Bonchev–Trinajstić information content (AvgIpc) is 3.13. The summed E-state index contributed by atoms with van der Waals surface area (Å²) in [7, 11) is 0. The molecular formula is C64H90O4. The first-order chi connectivity index (χ1) is 30.4. The minimum absolute atomic E-state index is 0.0942. The molecule has 0 heterocycles. The van der Waals surface area contributed by atoms with Gasteiger partial charge < -0.3 is 20.4 Å². The highest BCUT2D eigenvalue weighted by atomic mass is 16.3. The molecule has 370 valence electrons. The quantitative estimate of drug-likeness (QED) is 0.132. The Balaban J connectivity index is 2.45. The molecule has 0 atom stereocenters. The molecule has 0 aliphatic carbocycles. The van der Waals surface area contributed by atoms with Crippen LogP contribution in [0.25, 0.3) is 11.1 Å². The first kappa shape index (κ1) is 54.2. The number of aryl methyl sites for hydroxylation is 1. The minimum Gasteiger partial charge on any atom is -0.507 e. The minimum atomic E-state index is -1.64. The molecule has 0 saturated carbocycles. The van der Waals surface area contributed by atoms with Gasteiger partial charge in [0.1, 0.15) is 23.0 Å². The number of hydrogen-bond donors (Lipinski definition) is 4. The number of benzene rings is 5. The summed E-state index contributed by atoms with van der Waals surface area (Å²) in [6.07, 6.45) is 0. The number of hydrogen-bond acceptors (Lipinski definition) is 4. The smallest absolute Gasteiger partial charge is 0.127 e. The molecule has 0 spiro atoms. The molecule has 0 aliphatic rings. The summed E-state index contributed by atoms with van der Waals surface area (Å²) in [5.74, 6) is 0.467. The van der Waals surface area contributed by atoms with Gasteiger partial charge in [0.05, 0.1) is 5.41 Å². The SMILES string of the molecule is Cc1cccc(C(c2cc(C(C)(C)C)cc(C(C)(C)C)c2O)(c2cc(C(C)(C)C)cc(C(C)(C)C)c2O)c2cc(C(C)(C)C)cc(C(C)(C)C)c2O)c1-c1cc(C(C)(C)C)cc(C(C)(C)C)c1O. The predicted octanol–water partition coefficient (Wildman–Crippen LogP) is 17.2. The molecule has 5 aromatic carbocycles. The van der Waals surface area contributed by atoms with Gasteiger partial charge in [-0.1, -0.05) is 209 Å². The van der Waals surface area contributed by atoms with E-state index in [9.17, 15) is 20.4 Å². The van der Waals surface area contributed by atoms with Gasteiger partial charge >= 0.3 is 0 Å². The fourth-order valence-corrected chi connectivity index (χ4v) is 9.81. The molecule has 0 saturated heterocycles. The summed E-state index contributed by atoms with van der Waals surface area (Å²) in [6, 6.07) is 23.4. The second-order valence-electron chi connectivity index (χ2n) is 28.4. The van der Waals surface area contributed by atoms with Crippen molar-refractivity contribution in [1.82, 2.24) is 0 Å². The second-order valence-corrected chi connectivity index (χ2v) is 28.4. The standard InChI is InChI=1S/C64H90O4/c1-37-27-26-28-43(51(37)42-29-38(56(2,3)4)30-44(52(42)65)60(14,15)16)64(48-34-39(57(5,6)7)31-45(53(48)66)61(17,18)19,49-35-40(58(8,9)10)32-46(54(49)67)62(20,21)22)50-36-41(59(11,12)13)33-47(55(50)68)63(23,24)25/h26-36,65-68H,1-25H3. The van der Waals surface area contributed by atoms with Gasteiger partial charge in [-0.05, 0) is 130 Å². The fraction of sp³-hybridized carbons (Fsp3) is 0.531. The second kappa shape index (κ2) is 17.0. The average molecular weight is 923 g/mol. The monoisotopic (exact) mass is 923 g/mol. The zero-order valence-corrected chi connectivity index (χ0v) is 47.1. The lowest BCUT2D eigenvalue weighted by Crippen LogP contribution is -2.36. The van der Waals surface area contributed by atoms with Crippen molar-refractivity contribution in [2.45, 2.75) is 222 Å². The van der Waals surface area contributed by atoms with E-state index in [-0.39, 0.29) is 44.7 Å². The lowest BCUT2D eigenvalue weighted by molar-refractivity contribution is 0.408. The normalized spacial score (nSPS) is 13.9. The lowest BCUT2D eigenvalue weighted by atomic mass is 9.58. The van der Waals surface area contributed by atoms with E-state index in [4.69, 9.17) is 0 Å². The first-order valence-corrected chi connectivity index (χ1v) is 25.0. The third-order valence-electron chi connectivity index (χ3n) is 14.3. The van der Waals surface area contributed by atoms with Crippen LogP contribution in [0.1, 0.15) is 238 Å². The van der Waals surface area contributed by atoms with Crippen molar-refractivity contribution in [1.29, 1.82) is 0 Å². The van der Waals surface area contributed by atoms with Crippen LogP contribution >= 0.6 is 0 Å². The van der Waals surface area contributed by atoms with Crippen LogP contribution in [0.2, 0.25) is 0 Å². The molecule has 0 aromatic heterocycles. The van der Waals surface area contributed by atoms with E-state index in [0.717, 1.165) is 61.2 Å². The van der Waals surface area contributed by atoms with E-state index >= 15 is 0 Å². The van der Waals surface area contributed by atoms with E-state index in [0.29, 0.717) is 22.3 Å². The van der Waals surface area contributed by atoms with Gasteiger partial charge in [-0.25, -0.2) is 0 Å². The van der Waals surface area contributed by atoms with Crippen molar-refractivity contribution in [2.24, 2.45) is 0 Å². The molecule has 0 aliphatic heterocycles. The maximum Gasteiger partial charge on any atom is 0.127 e. The number of phenolic OH excluding ortho intramolecular Hbond substituents is 4. The van der Waals surface area contributed by atoms with Crippen molar-refractivity contribution in [3.8, 4) is 34.1 Å². The highest BCUT2D eigenvalue weighted by molar-refractivity contribution is 5.85. The van der Waals surface area contributed by atoms with E-state index in [1.165, 1.54) is 0 Å². The summed E-state index contributed by atoms with van der Waals surface area (Å²) in [4.78, 5) is 0. The zero-order chi connectivity index (χ0) is 52.2. The van der Waals surface area contributed by atoms with Crippen LogP contribution in [-0.4, -0.2) is 20.4 Å². The summed E-state index contributed by atoms with van der Waals surface area (Å²) >= 11 is 0. The van der Waals surface area contributed by atoms with E-state index < -0.39 is 27.1 Å². The van der Waals surface area contributed by atoms with Crippen LogP contribution < -0.4 is 0 Å². The third kappa shape index (κ3) is 10.00. The molecule has 0 amide bonds. The topological polar surface area (TPSA) is 80.9 Å². The zero-order valence-electron chi connectivity index (χ0n) is 47.1. The first-order valence-electron chi connectivity index (χ1n) is 25.0. The summed E-state index contributed by atoms with van der Waals surface area (Å²) < 4.78 is 0. The van der Waals surface area contributed by atoms with Gasteiger partial charge in [0, 0.05) is 27.8 Å². The third-order valence-corrected chi connectivity index (χ3v) is 14.3. The molecule has 0 bridgehead atoms. The van der Waals surface area contributed by atoms with Gasteiger partial charge in [-0.3, -0.25) is 0 Å². The van der Waals surface area contributed by atoms with Crippen molar-refractivity contribution in [3.05, 3.63) is 139 Å². The maximum absolute atomic E-state index is 13.7. The maximum atomic E-state index is 13.7. The van der Waals surface area contributed by atoms with Crippen LogP contribution in [0.3, 0.4) is 0 Å². The summed E-state index contributed by atoms with van der Waals surface area (Å²) in [5, 5.41) is 54.1. The van der Waals surface area contributed by atoms with Gasteiger partial charge in [0.15, 0.2) is 0 Å². The van der Waals surface area contributed by atoms with Crippen molar-refractivity contribution in [2.75, 3.05) is 0 Å². The Morgan fingerprint density at radius 3 is 0.794 bits per heavy atom. The number of phenols is 4. The Hall–Kier alpha value is -4.70. The van der Waals surface area contributed by atoms with Crippen LogP contribution in [0.15, 0.2) is 66.7 Å². The van der Waals surface area contributed by atoms with Gasteiger partial charge in [-0.2, -0.15) is 0 Å². The Morgan fingerprint density at radius 1 is 0.279 bits per heavy atom. The molecule has 5 aromatic rings. The molecule has 4 N–H and O–H groups in total. The molecule has 0 radical (unpaired) electrons. The number of aromatic hydroxyl groups is 4. The van der Waals surface area contributed by atoms with Crippen LogP contribution in [0.4, 0.5) is 0 Å². The number of rotatable bonds is 5. The van der Waals surface area contributed by atoms with Crippen LogP contribution in [0, 0.1) is 6.92 Å². The van der Waals surface area contributed by atoms with Crippen LogP contribution in [0.5, 0.6) is 23.0 Å².